The molecule has 1 saturated carbocycles. The first-order valence-corrected chi connectivity index (χ1v) is 10.1. The maximum Gasteiger partial charge on any atom is 0.305 e. The predicted octanol–water partition coefficient (Wildman–Crippen LogP) is 3.44. The molecule has 0 aromatic carbocycles. The van der Waals surface area contributed by atoms with E-state index < -0.39 is 24.3 Å². The summed E-state index contributed by atoms with van der Waals surface area (Å²) in [5.41, 5.74) is 0. The Morgan fingerprint density at radius 2 is 2.19 bits per heavy atom. The van der Waals surface area contributed by atoms with Crippen molar-refractivity contribution in [3.63, 3.8) is 0 Å². The van der Waals surface area contributed by atoms with Crippen LogP contribution in [0.25, 0.3) is 0 Å². The van der Waals surface area contributed by atoms with Crippen molar-refractivity contribution < 1.29 is 28.9 Å². The molecule has 1 aliphatic heterocycles. The number of carbonyl (C=O) groups is 1. The minimum Gasteiger partial charge on any atom is -0.491 e. The zero-order chi connectivity index (χ0) is 19.8. The van der Waals surface area contributed by atoms with E-state index in [0.717, 1.165) is 19.3 Å². The van der Waals surface area contributed by atoms with Crippen molar-refractivity contribution in [3.05, 3.63) is 24.0 Å². The van der Waals surface area contributed by atoms with Crippen molar-refractivity contribution >= 4 is 5.97 Å². The summed E-state index contributed by atoms with van der Waals surface area (Å²) in [5.74, 6) is -0.748. The van der Waals surface area contributed by atoms with Gasteiger partial charge in [0.2, 0.25) is 0 Å². The second kappa shape index (κ2) is 10.8. The SMILES string of the molecule is CCCCC[C@H](O)/C=C/[C@@H]1[C@H]2C(F)/C(=C/CCCC(=O)OC)O[C@H]2C[C@H]1O. The molecule has 0 radical (unpaired) electrons. The van der Waals surface area contributed by atoms with E-state index in [1.165, 1.54) is 7.11 Å². The minimum atomic E-state index is -1.27. The molecule has 2 N–H and O–H groups in total. The van der Waals surface area contributed by atoms with Crippen molar-refractivity contribution in [2.24, 2.45) is 11.8 Å². The Hall–Kier alpha value is -1.40. The van der Waals surface area contributed by atoms with Crippen LogP contribution in [0.15, 0.2) is 24.0 Å². The Labute approximate surface area is 161 Å². The third-order valence-electron chi connectivity index (χ3n) is 5.51. The summed E-state index contributed by atoms with van der Waals surface area (Å²) in [6.07, 6.45) is 7.97. The van der Waals surface area contributed by atoms with Crippen LogP contribution in [0.3, 0.4) is 0 Å². The van der Waals surface area contributed by atoms with Crippen LogP contribution in [-0.2, 0) is 14.3 Å². The van der Waals surface area contributed by atoms with Gasteiger partial charge < -0.3 is 19.7 Å². The maximum absolute atomic E-state index is 14.9. The Kier molecular flexibility index (Phi) is 8.77. The van der Waals surface area contributed by atoms with Crippen LogP contribution in [0.2, 0.25) is 0 Å². The summed E-state index contributed by atoms with van der Waals surface area (Å²) in [7, 11) is 1.35. The standard InChI is InChI=1S/C21H33FO5/c1-3-4-5-8-14(23)11-12-15-16(24)13-18-20(15)21(22)17(27-18)9-6-7-10-19(25)26-2/h9,11-12,14-16,18,20-21,23-24H,3-8,10,13H2,1-2H3/b12-11+,17-9-/t14-,15-,16+,18-,20+,21?/m0/s1. The number of allylic oxidation sites excluding steroid dienone is 2. The highest BCUT2D eigenvalue weighted by Crippen LogP contribution is 2.47. The monoisotopic (exact) mass is 384 g/mol. The second-order valence-corrected chi connectivity index (χ2v) is 7.54. The normalized spacial score (nSPS) is 32.6. The molecule has 2 fully saturated rings. The molecule has 5 nitrogen and oxygen atoms in total. The highest BCUT2D eigenvalue weighted by Gasteiger charge is 2.53. The lowest BCUT2D eigenvalue weighted by molar-refractivity contribution is -0.140. The van der Waals surface area contributed by atoms with Gasteiger partial charge in [-0.2, -0.15) is 0 Å². The third kappa shape index (κ3) is 6.04. The number of aliphatic hydroxyl groups excluding tert-OH is 2. The number of hydrogen-bond donors (Lipinski definition) is 2. The van der Waals surface area contributed by atoms with E-state index in [4.69, 9.17) is 4.74 Å². The molecule has 6 atom stereocenters. The van der Waals surface area contributed by atoms with Crippen LogP contribution < -0.4 is 0 Å². The number of aliphatic hydroxyl groups is 2. The first-order valence-electron chi connectivity index (χ1n) is 10.1. The number of fused-ring (bicyclic) bond motifs is 1. The smallest absolute Gasteiger partial charge is 0.305 e. The molecule has 6 heteroatoms. The van der Waals surface area contributed by atoms with E-state index in [0.29, 0.717) is 37.9 Å². The van der Waals surface area contributed by atoms with E-state index >= 15 is 0 Å². The van der Waals surface area contributed by atoms with E-state index in [-0.39, 0.29) is 18.0 Å². The number of unbranched alkanes of at least 4 members (excludes halogenated alkanes) is 3. The fourth-order valence-electron chi connectivity index (χ4n) is 3.96. The van der Waals surface area contributed by atoms with Gasteiger partial charge in [0.05, 0.1) is 19.3 Å². The number of alkyl halides is 1. The van der Waals surface area contributed by atoms with Gasteiger partial charge in [0.15, 0.2) is 6.17 Å². The lowest BCUT2D eigenvalue weighted by Crippen LogP contribution is -2.25. The van der Waals surface area contributed by atoms with Crippen LogP contribution in [-0.4, -0.2) is 47.8 Å². The summed E-state index contributed by atoms with van der Waals surface area (Å²) in [4.78, 5) is 11.1. The highest BCUT2D eigenvalue weighted by atomic mass is 19.1. The molecule has 1 heterocycles. The summed E-state index contributed by atoms with van der Waals surface area (Å²) in [5, 5.41) is 20.3. The largest absolute Gasteiger partial charge is 0.491 e. The molecule has 1 saturated heterocycles. The van der Waals surface area contributed by atoms with Gasteiger partial charge >= 0.3 is 5.97 Å². The van der Waals surface area contributed by atoms with E-state index in [9.17, 15) is 19.4 Å². The van der Waals surface area contributed by atoms with Gasteiger partial charge in [0.1, 0.15) is 11.9 Å². The zero-order valence-corrected chi connectivity index (χ0v) is 16.4. The molecule has 2 aliphatic rings. The fourth-order valence-corrected chi connectivity index (χ4v) is 3.96. The maximum atomic E-state index is 14.9. The molecule has 154 valence electrons. The number of halogens is 1. The average Bonchev–Trinajstić information content (AvgIpc) is 3.12. The summed E-state index contributed by atoms with van der Waals surface area (Å²) in [6, 6.07) is 0. The van der Waals surface area contributed by atoms with Crippen molar-refractivity contribution in [2.75, 3.05) is 7.11 Å². The van der Waals surface area contributed by atoms with Crippen LogP contribution in [0.5, 0.6) is 0 Å². The molecule has 1 aliphatic carbocycles. The fraction of sp³-hybridized carbons (Fsp3) is 0.762. The Balaban J connectivity index is 1.89. The van der Waals surface area contributed by atoms with Gasteiger partial charge in [0.25, 0.3) is 0 Å². The quantitative estimate of drug-likeness (QED) is 0.343. The van der Waals surface area contributed by atoms with Gasteiger partial charge in [0, 0.05) is 24.7 Å². The molecular formula is C21H33FO5. The molecule has 0 spiro atoms. The minimum absolute atomic E-state index is 0.278. The molecule has 2 rings (SSSR count). The molecular weight excluding hydrogens is 351 g/mol. The van der Waals surface area contributed by atoms with E-state index in [1.54, 1.807) is 18.2 Å². The summed E-state index contributed by atoms with van der Waals surface area (Å²) in [6.45, 7) is 2.11. The molecule has 0 bridgehead atoms. The van der Waals surface area contributed by atoms with Crippen molar-refractivity contribution in [3.8, 4) is 0 Å². The summed E-state index contributed by atoms with van der Waals surface area (Å²) >= 11 is 0. The topological polar surface area (TPSA) is 76.0 Å². The third-order valence-corrected chi connectivity index (χ3v) is 5.51. The molecule has 0 aromatic rings. The van der Waals surface area contributed by atoms with Crippen LogP contribution in [0.1, 0.15) is 58.3 Å². The van der Waals surface area contributed by atoms with Gasteiger partial charge in [-0.1, -0.05) is 38.3 Å². The van der Waals surface area contributed by atoms with E-state index in [1.807, 2.05) is 0 Å². The second-order valence-electron chi connectivity index (χ2n) is 7.54. The lowest BCUT2D eigenvalue weighted by atomic mass is 9.89. The molecule has 0 aromatic heterocycles. The van der Waals surface area contributed by atoms with Crippen LogP contribution in [0, 0.1) is 11.8 Å². The highest BCUT2D eigenvalue weighted by molar-refractivity contribution is 5.69. The van der Waals surface area contributed by atoms with Crippen molar-refractivity contribution in [2.45, 2.75) is 82.8 Å². The van der Waals surface area contributed by atoms with Crippen molar-refractivity contribution in [1.82, 2.24) is 0 Å². The average molecular weight is 384 g/mol. The number of carbonyl (C=O) groups excluding carboxylic acids is 1. The van der Waals surface area contributed by atoms with E-state index in [2.05, 4.69) is 11.7 Å². The zero-order valence-electron chi connectivity index (χ0n) is 16.4. The van der Waals surface area contributed by atoms with Gasteiger partial charge in [-0.25, -0.2) is 4.39 Å². The Bertz CT molecular complexity index is 533. The summed E-state index contributed by atoms with van der Waals surface area (Å²) < 4.78 is 25.2. The number of esters is 1. The van der Waals surface area contributed by atoms with Gasteiger partial charge in [-0.15, -0.1) is 0 Å². The predicted molar refractivity (Wildman–Crippen MR) is 101 cm³/mol. The number of methoxy groups -OCH3 is 1. The Morgan fingerprint density at radius 1 is 1.41 bits per heavy atom. The lowest BCUT2D eigenvalue weighted by Gasteiger charge is -2.18. The van der Waals surface area contributed by atoms with Gasteiger partial charge in [-0.3, -0.25) is 4.79 Å². The number of rotatable bonds is 10. The van der Waals surface area contributed by atoms with Crippen LogP contribution >= 0.6 is 0 Å². The van der Waals surface area contributed by atoms with Crippen LogP contribution in [0.4, 0.5) is 4.39 Å². The first kappa shape index (κ1) is 21.9. The van der Waals surface area contributed by atoms with Crippen molar-refractivity contribution in [1.29, 1.82) is 0 Å². The first-order chi connectivity index (χ1) is 13.0. The number of hydrogen-bond acceptors (Lipinski definition) is 5. The van der Waals surface area contributed by atoms with Gasteiger partial charge in [-0.05, 0) is 25.3 Å². The Morgan fingerprint density at radius 3 is 2.89 bits per heavy atom. The molecule has 0 amide bonds. The number of ether oxygens (including phenoxy) is 2. The molecule has 1 unspecified atom stereocenters. The molecule has 27 heavy (non-hydrogen) atoms.